The number of H-pyrrole nitrogens is 1. The van der Waals surface area contributed by atoms with Crippen LogP contribution in [-0.2, 0) is 16.0 Å². The number of likely N-dealkylation sites (N-methyl/N-ethyl adjacent to an activating group) is 1. The molecule has 0 bridgehead atoms. The molecular weight excluding hydrogens is 488 g/mol. The SMILES string of the molecule is COC(=O)c1ccc2c(C(=Nc3ccc(CC(=O)N4CCN(C)CC4)cc3)c3ccsc3)c(O)[nH]c2c1. The van der Waals surface area contributed by atoms with Gasteiger partial charge in [-0.3, -0.25) is 4.79 Å². The van der Waals surface area contributed by atoms with E-state index in [0.29, 0.717) is 34.5 Å². The van der Waals surface area contributed by atoms with Crippen LogP contribution in [0.1, 0.15) is 27.0 Å². The molecule has 1 fully saturated rings. The zero-order valence-corrected chi connectivity index (χ0v) is 21.5. The van der Waals surface area contributed by atoms with Crippen LogP contribution in [0.25, 0.3) is 10.9 Å². The summed E-state index contributed by atoms with van der Waals surface area (Å²) in [5.74, 6) is -0.342. The number of esters is 1. The number of piperazine rings is 1. The number of hydrogen-bond donors (Lipinski definition) is 2. The fraction of sp³-hybridized carbons (Fsp3) is 0.250. The maximum Gasteiger partial charge on any atom is 0.337 e. The highest BCUT2D eigenvalue weighted by atomic mass is 32.1. The summed E-state index contributed by atoms with van der Waals surface area (Å²) in [6.45, 7) is 3.32. The first kappa shape index (κ1) is 24.7. The monoisotopic (exact) mass is 516 g/mol. The Kier molecular flexibility index (Phi) is 7.07. The number of carbonyl (C=O) groups excluding carboxylic acids is 2. The van der Waals surface area contributed by atoms with Crippen molar-refractivity contribution in [3.63, 3.8) is 0 Å². The number of thiophene rings is 1. The third-order valence-corrected chi connectivity index (χ3v) is 7.30. The molecule has 1 aliphatic heterocycles. The number of carbonyl (C=O) groups is 2. The summed E-state index contributed by atoms with van der Waals surface area (Å²) in [4.78, 5) is 36.7. The van der Waals surface area contributed by atoms with Gasteiger partial charge in [0.05, 0.1) is 36.1 Å². The summed E-state index contributed by atoms with van der Waals surface area (Å²) in [6.07, 6.45) is 0.358. The number of rotatable bonds is 6. The van der Waals surface area contributed by atoms with Crippen molar-refractivity contribution in [1.29, 1.82) is 0 Å². The first-order valence-electron chi connectivity index (χ1n) is 12.0. The number of fused-ring (bicyclic) bond motifs is 1. The quantitative estimate of drug-likeness (QED) is 0.296. The molecule has 2 aromatic heterocycles. The number of hydrogen-bond acceptors (Lipinski definition) is 7. The average molecular weight is 517 g/mol. The van der Waals surface area contributed by atoms with Crippen LogP contribution in [0.15, 0.2) is 64.3 Å². The maximum absolute atomic E-state index is 12.7. The van der Waals surface area contributed by atoms with Crippen molar-refractivity contribution in [3.8, 4) is 5.88 Å². The standard InChI is InChI=1S/C28H28N4O4S/c1-31-10-12-32(13-11-31)24(33)15-18-3-6-21(7-4-18)29-26(20-9-14-37-17-20)25-22-8-5-19(28(35)36-2)16-23(22)30-27(25)34/h3-9,14,16-17,30,34H,10-13,15H2,1-2H3. The van der Waals surface area contributed by atoms with Crippen LogP contribution in [0.2, 0.25) is 0 Å². The molecule has 0 saturated carbocycles. The molecule has 1 amide bonds. The van der Waals surface area contributed by atoms with Gasteiger partial charge in [0.1, 0.15) is 0 Å². The Labute approximate surface area is 218 Å². The lowest BCUT2D eigenvalue weighted by Crippen LogP contribution is -2.47. The third-order valence-electron chi connectivity index (χ3n) is 6.62. The molecule has 1 aliphatic rings. The molecule has 2 N–H and O–H groups in total. The molecule has 0 radical (unpaired) electrons. The van der Waals surface area contributed by atoms with Crippen LogP contribution in [0.4, 0.5) is 5.69 Å². The summed E-state index contributed by atoms with van der Waals surface area (Å²) in [7, 11) is 3.40. The highest BCUT2D eigenvalue weighted by Gasteiger charge is 2.21. The number of nitrogens with one attached hydrogen (secondary N) is 1. The number of aromatic amines is 1. The van der Waals surface area contributed by atoms with Crippen molar-refractivity contribution >= 4 is 45.5 Å². The summed E-state index contributed by atoms with van der Waals surface area (Å²) >= 11 is 1.54. The van der Waals surface area contributed by atoms with E-state index in [0.717, 1.165) is 42.7 Å². The Hall–Kier alpha value is -3.95. The average Bonchev–Trinajstić information content (AvgIpc) is 3.55. The highest BCUT2D eigenvalue weighted by molar-refractivity contribution is 7.08. The fourth-order valence-electron chi connectivity index (χ4n) is 4.49. The van der Waals surface area contributed by atoms with Gasteiger partial charge in [0, 0.05) is 48.0 Å². The first-order chi connectivity index (χ1) is 17.9. The van der Waals surface area contributed by atoms with Gasteiger partial charge in [-0.15, -0.1) is 0 Å². The molecule has 4 aromatic rings. The topological polar surface area (TPSA) is 98.2 Å². The van der Waals surface area contributed by atoms with Gasteiger partial charge in [0.2, 0.25) is 5.91 Å². The van der Waals surface area contributed by atoms with E-state index in [1.165, 1.54) is 7.11 Å². The summed E-state index contributed by atoms with van der Waals surface area (Å²) < 4.78 is 4.82. The van der Waals surface area contributed by atoms with Gasteiger partial charge in [-0.1, -0.05) is 18.2 Å². The smallest absolute Gasteiger partial charge is 0.337 e. The summed E-state index contributed by atoms with van der Waals surface area (Å²) in [5.41, 5.74) is 4.67. The predicted molar refractivity (Wildman–Crippen MR) is 145 cm³/mol. The van der Waals surface area contributed by atoms with Crippen LogP contribution in [0, 0.1) is 0 Å². The molecule has 190 valence electrons. The Morgan fingerprint density at radius 1 is 1.05 bits per heavy atom. The van der Waals surface area contributed by atoms with E-state index in [1.807, 2.05) is 46.0 Å². The van der Waals surface area contributed by atoms with Crippen molar-refractivity contribution in [1.82, 2.24) is 14.8 Å². The zero-order valence-electron chi connectivity index (χ0n) is 20.7. The first-order valence-corrected chi connectivity index (χ1v) is 13.0. The molecule has 0 unspecified atom stereocenters. The second-order valence-electron chi connectivity index (χ2n) is 9.10. The van der Waals surface area contributed by atoms with Crippen molar-refractivity contribution in [2.45, 2.75) is 6.42 Å². The number of nitrogens with zero attached hydrogens (tertiary/aromatic N) is 3. The Morgan fingerprint density at radius 3 is 2.49 bits per heavy atom. The van der Waals surface area contributed by atoms with Crippen LogP contribution < -0.4 is 0 Å². The number of methoxy groups -OCH3 is 1. The number of ether oxygens (including phenoxy) is 1. The molecule has 37 heavy (non-hydrogen) atoms. The van der Waals surface area contributed by atoms with Crippen molar-refractivity contribution in [2.75, 3.05) is 40.3 Å². The molecule has 1 saturated heterocycles. The van der Waals surface area contributed by atoms with Crippen LogP contribution in [0.3, 0.4) is 0 Å². The lowest BCUT2D eigenvalue weighted by molar-refractivity contribution is -0.132. The predicted octanol–water partition coefficient (Wildman–Crippen LogP) is 4.21. The molecule has 5 rings (SSSR count). The van der Waals surface area contributed by atoms with E-state index < -0.39 is 5.97 Å². The van der Waals surface area contributed by atoms with Crippen molar-refractivity contribution < 1.29 is 19.4 Å². The van der Waals surface area contributed by atoms with Crippen LogP contribution in [-0.4, -0.2) is 77.8 Å². The van der Waals surface area contributed by atoms with Gasteiger partial charge in [-0.2, -0.15) is 11.3 Å². The minimum atomic E-state index is -0.449. The van der Waals surface area contributed by atoms with Gasteiger partial charge < -0.3 is 24.6 Å². The lowest BCUT2D eigenvalue weighted by atomic mass is 10.0. The maximum atomic E-state index is 12.7. The molecule has 0 aliphatic carbocycles. The van der Waals surface area contributed by atoms with Gasteiger partial charge >= 0.3 is 5.97 Å². The molecule has 3 heterocycles. The Morgan fingerprint density at radius 2 is 1.81 bits per heavy atom. The molecular formula is C28H28N4O4S. The number of aromatic nitrogens is 1. The second kappa shape index (κ2) is 10.6. The van der Waals surface area contributed by atoms with E-state index >= 15 is 0 Å². The minimum absolute atomic E-state index is 0.0311. The number of aromatic hydroxyl groups is 1. The van der Waals surface area contributed by atoms with E-state index in [1.54, 1.807) is 29.5 Å². The van der Waals surface area contributed by atoms with E-state index in [9.17, 15) is 14.7 Å². The summed E-state index contributed by atoms with van der Waals surface area (Å²) in [5, 5.41) is 15.5. The summed E-state index contributed by atoms with van der Waals surface area (Å²) in [6, 6.07) is 14.7. The fourth-order valence-corrected chi connectivity index (χ4v) is 5.13. The molecule has 0 atom stereocenters. The number of amides is 1. The molecule has 8 nitrogen and oxygen atoms in total. The van der Waals surface area contributed by atoms with Crippen molar-refractivity contribution in [2.24, 2.45) is 4.99 Å². The molecule has 0 spiro atoms. The van der Waals surface area contributed by atoms with Crippen LogP contribution >= 0.6 is 11.3 Å². The van der Waals surface area contributed by atoms with Gasteiger partial charge in [0.15, 0.2) is 5.88 Å². The normalized spacial score (nSPS) is 14.8. The second-order valence-corrected chi connectivity index (χ2v) is 9.88. The molecule has 9 heteroatoms. The Bertz CT molecular complexity index is 1450. The van der Waals surface area contributed by atoms with Crippen LogP contribution in [0.5, 0.6) is 5.88 Å². The van der Waals surface area contributed by atoms with E-state index in [4.69, 9.17) is 9.73 Å². The zero-order chi connectivity index (χ0) is 25.9. The minimum Gasteiger partial charge on any atom is -0.494 e. The van der Waals surface area contributed by atoms with E-state index in [2.05, 4.69) is 16.9 Å². The van der Waals surface area contributed by atoms with Gasteiger partial charge in [-0.25, -0.2) is 9.79 Å². The van der Waals surface area contributed by atoms with Crippen molar-refractivity contribution in [3.05, 3.63) is 81.5 Å². The number of aliphatic imine (C=N–C) groups is 1. The lowest BCUT2D eigenvalue weighted by Gasteiger charge is -2.32. The Balaban J connectivity index is 1.44. The highest BCUT2D eigenvalue weighted by Crippen LogP contribution is 2.32. The number of benzene rings is 2. The van der Waals surface area contributed by atoms with Gasteiger partial charge in [-0.05, 0) is 48.3 Å². The van der Waals surface area contributed by atoms with E-state index in [-0.39, 0.29) is 11.8 Å². The third kappa shape index (κ3) is 5.28. The van der Waals surface area contributed by atoms with Gasteiger partial charge in [0.25, 0.3) is 0 Å². The largest absolute Gasteiger partial charge is 0.494 e. The molecule has 2 aromatic carbocycles.